The van der Waals surface area contributed by atoms with Crippen LogP contribution in [0.2, 0.25) is 0 Å². The van der Waals surface area contributed by atoms with Gasteiger partial charge in [-0.3, -0.25) is 4.79 Å². The molecule has 1 amide bonds. The summed E-state index contributed by atoms with van der Waals surface area (Å²) in [5, 5.41) is 3.36. The molecule has 5 heteroatoms. The first-order valence-electron chi connectivity index (χ1n) is 7.87. The molecule has 2 rings (SSSR count). The van der Waals surface area contributed by atoms with Crippen LogP contribution < -0.4 is 10.1 Å². The van der Waals surface area contributed by atoms with Gasteiger partial charge in [0, 0.05) is 26.7 Å². The third kappa shape index (κ3) is 4.45. The van der Waals surface area contributed by atoms with Gasteiger partial charge in [0.2, 0.25) is 5.91 Å². The van der Waals surface area contributed by atoms with Gasteiger partial charge >= 0.3 is 0 Å². The summed E-state index contributed by atoms with van der Waals surface area (Å²) < 4.78 is 10.7. The molecule has 0 radical (unpaired) electrons. The lowest BCUT2D eigenvalue weighted by molar-refractivity contribution is -0.135. The molecule has 0 aromatic heterocycles. The Hall–Kier alpha value is -1.59. The number of hydrogen-bond donors (Lipinski definition) is 1. The van der Waals surface area contributed by atoms with E-state index in [4.69, 9.17) is 9.47 Å². The fraction of sp³-hybridized carbons (Fsp3) is 0.588. The summed E-state index contributed by atoms with van der Waals surface area (Å²) in [6, 6.07) is 8.12. The molecule has 0 unspecified atom stereocenters. The average molecular weight is 306 g/mol. The minimum Gasteiger partial charge on any atom is -0.491 e. The number of piperazine rings is 1. The number of hydrogen-bond acceptors (Lipinski definition) is 4. The summed E-state index contributed by atoms with van der Waals surface area (Å²) in [4.78, 5) is 14.3. The van der Waals surface area contributed by atoms with Crippen molar-refractivity contribution in [2.24, 2.45) is 0 Å². The summed E-state index contributed by atoms with van der Waals surface area (Å²) in [6.07, 6.45) is 0.593. The molecule has 1 saturated heterocycles. The standard InChI is InChI=1S/C17H26N2O3/c1-13(2)22-15-6-4-14(5-7-15)16-12-18-9-10-19(16)17(20)8-11-21-3/h4-7,13,16,18H,8-12H2,1-3H3/t16-/m1/s1. The molecule has 1 aromatic carbocycles. The van der Waals surface area contributed by atoms with Crippen molar-refractivity contribution in [3.8, 4) is 5.75 Å². The molecule has 0 spiro atoms. The maximum Gasteiger partial charge on any atom is 0.225 e. The number of amides is 1. The first-order chi connectivity index (χ1) is 10.6. The Kier molecular flexibility index (Phi) is 6.21. The highest BCUT2D eigenvalue weighted by molar-refractivity contribution is 5.77. The maximum absolute atomic E-state index is 12.3. The van der Waals surface area contributed by atoms with E-state index in [9.17, 15) is 4.79 Å². The van der Waals surface area contributed by atoms with E-state index < -0.39 is 0 Å². The second kappa shape index (κ2) is 8.15. The average Bonchev–Trinajstić information content (AvgIpc) is 2.53. The van der Waals surface area contributed by atoms with Crippen molar-refractivity contribution in [2.45, 2.75) is 32.4 Å². The molecule has 22 heavy (non-hydrogen) atoms. The molecule has 0 bridgehead atoms. The predicted molar refractivity (Wildman–Crippen MR) is 86.0 cm³/mol. The van der Waals surface area contributed by atoms with Crippen LogP contribution in [0.3, 0.4) is 0 Å². The lowest BCUT2D eigenvalue weighted by Gasteiger charge is -2.36. The van der Waals surface area contributed by atoms with Crippen LogP contribution in [0.25, 0.3) is 0 Å². The molecule has 1 aliphatic heterocycles. The summed E-state index contributed by atoms with van der Waals surface area (Å²) in [6.45, 7) is 6.84. The van der Waals surface area contributed by atoms with Crippen LogP contribution in [0.15, 0.2) is 24.3 Å². The highest BCUT2D eigenvalue weighted by Gasteiger charge is 2.27. The number of rotatable bonds is 6. The van der Waals surface area contributed by atoms with Crippen molar-refractivity contribution in [1.29, 1.82) is 0 Å². The van der Waals surface area contributed by atoms with Crippen LogP contribution >= 0.6 is 0 Å². The van der Waals surface area contributed by atoms with Crippen LogP contribution in [-0.2, 0) is 9.53 Å². The number of nitrogens with one attached hydrogen (secondary N) is 1. The summed E-state index contributed by atoms with van der Waals surface area (Å²) in [5.74, 6) is 1.01. The van der Waals surface area contributed by atoms with E-state index in [0.717, 1.165) is 30.9 Å². The number of carbonyl (C=O) groups excluding carboxylic acids is 1. The molecule has 1 N–H and O–H groups in total. The number of benzene rings is 1. The van der Waals surface area contributed by atoms with E-state index in [1.54, 1.807) is 7.11 Å². The van der Waals surface area contributed by atoms with Crippen molar-refractivity contribution in [3.05, 3.63) is 29.8 Å². The van der Waals surface area contributed by atoms with Crippen molar-refractivity contribution >= 4 is 5.91 Å². The van der Waals surface area contributed by atoms with Gasteiger partial charge in [0.15, 0.2) is 0 Å². The highest BCUT2D eigenvalue weighted by atomic mass is 16.5. The fourth-order valence-electron chi connectivity index (χ4n) is 2.67. The number of ether oxygens (including phenoxy) is 2. The molecule has 0 aliphatic carbocycles. The SMILES string of the molecule is COCCC(=O)N1CCNC[C@@H]1c1ccc(OC(C)C)cc1. The van der Waals surface area contributed by atoms with Gasteiger partial charge in [-0.15, -0.1) is 0 Å². The fourth-order valence-corrected chi connectivity index (χ4v) is 2.67. The van der Waals surface area contributed by atoms with Gasteiger partial charge < -0.3 is 19.7 Å². The molecule has 1 fully saturated rings. The lowest BCUT2D eigenvalue weighted by Crippen LogP contribution is -2.48. The Labute approximate surface area is 132 Å². The third-order valence-electron chi connectivity index (χ3n) is 3.72. The highest BCUT2D eigenvalue weighted by Crippen LogP contribution is 2.25. The van der Waals surface area contributed by atoms with Crippen molar-refractivity contribution < 1.29 is 14.3 Å². The first kappa shape index (κ1) is 16.8. The number of nitrogens with zero attached hydrogens (tertiary/aromatic N) is 1. The van der Waals surface area contributed by atoms with Crippen LogP contribution in [0, 0.1) is 0 Å². The largest absolute Gasteiger partial charge is 0.491 e. The number of methoxy groups -OCH3 is 1. The van der Waals surface area contributed by atoms with E-state index in [0.29, 0.717) is 13.0 Å². The Morgan fingerprint density at radius 2 is 2.09 bits per heavy atom. The summed E-state index contributed by atoms with van der Waals surface area (Å²) in [5.41, 5.74) is 1.13. The smallest absolute Gasteiger partial charge is 0.225 e. The second-order valence-corrected chi connectivity index (χ2v) is 5.79. The normalized spacial score (nSPS) is 18.5. The lowest BCUT2D eigenvalue weighted by atomic mass is 10.0. The van der Waals surface area contributed by atoms with Gasteiger partial charge in [-0.05, 0) is 31.5 Å². The second-order valence-electron chi connectivity index (χ2n) is 5.79. The van der Waals surface area contributed by atoms with Gasteiger partial charge in [0.05, 0.1) is 25.2 Å². The van der Waals surface area contributed by atoms with Crippen LogP contribution in [0.1, 0.15) is 31.9 Å². The molecule has 0 saturated carbocycles. The Bertz CT molecular complexity index is 473. The molecule has 1 aromatic rings. The van der Waals surface area contributed by atoms with Crippen LogP contribution in [0.4, 0.5) is 0 Å². The van der Waals surface area contributed by atoms with Crippen molar-refractivity contribution in [2.75, 3.05) is 33.4 Å². The van der Waals surface area contributed by atoms with Gasteiger partial charge in [-0.25, -0.2) is 0 Å². The van der Waals surface area contributed by atoms with Crippen LogP contribution in [0.5, 0.6) is 5.75 Å². The van der Waals surface area contributed by atoms with Gasteiger partial charge in [-0.2, -0.15) is 0 Å². The van der Waals surface area contributed by atoms with Crippen molar-refractivity contribution in [1.82, 2.24) is 10.2 Å². The van der Waals surface area contributed by atoms with Gasteiger partial charge in [0.1, 0.15) is 5.75 Å². The molecule has 122 valence electrons. The topological polar surface area (TPSA) is 50.8 Å². The predicted octanol–water partition coefficient (Wildman–Crippen LogP) is 1.98. The minimum atomic E-state index is 0.0752. The Balaban J connectivity index is 2.08. The first-order valence-corrected chi connectivity index (χ1v) is 7.87. The molecular formula is C17H26N2O3. The van der Waals surface area contributed by atoms with E-state index >= 15 is 0 Å². The molecule has 1 atom stereocenters. The van der Waals surface area contributed by atoms with Gasteiger partial charge in [0.25, 0.3) is 0 Å². The zero-order chi connectivity index (χ0) is 15.9. The zero-order valence-electron chi connectivity index (χ0n) is 13.7. The van der Waals surface area contributed by atoms with Crippen LogP contribution in [-0.4, -0.2) is 50.3 Å². The van der Waals surface area contributed by atoms with E-state index in [1.165, 1.54) is 0 Å². The molecule has 1 heterocycles. The van der Waals surface area contributed by atoms with E-state index in [1.807, 2.05) is 43.0 Å². The zero-order valence-corrected chi connectivity index (χ0v) is 13.7. The third-order valence-corrected chi connectivity index (χ3v) is 3.72. The quantitative estimate of drug-likeness (QED) is 0.873. The van der Waals surface area contributed by atoms with Gasteiger partial charge in [-0.1, -0.05) is 12.1 Å². The maximum atomic E-state index is 12.3. The Morgan fingerprint density at radius 3 is 2.73 bits per heavy atom. The van der Waals surface area contributed by atoms with E-state index in [2.05, 4.69) is 5.32 Å². The Morgan fingerprint density at radius 1 is 1.36 bits per heavy atom. The van der Waals surface area contributed by atoms with Crippen molar-refractivity contribution in [3.63, 3.8) is 0 Å². The monoisotopic (exact) mass is 306 g/mol. The minimum absolute atomic E-state index is 0.0752. The summed E-state index contributed by atoms with van der Waals surface area (Å²) >= 11 is 0. The van der Waals surface area contributed by atoms with E-state index in [-0.39, 0.29) is 18.1 Å². The molecular weight excluding hydrogens is 280 g/mol. The number of carbonyl (C=O) groups is 1. The molecule has 1 aliphatic rings. The molecule has 5 nitrogen and oxygen atoms in total. The summed E-state index contributed by atoms with van der Waals surface area (Å²) in [7, 11) is 1.62.